The SMILES string of the molecule is C/C(=C1/N=C(C=O)C=CN1N)c1cccc(Cl)c1. The largest absolute Gasteiger partial charge is 0.296 e. The molecule has 5 heteroatoms. The van der Waals surface area contributed by atoms with E-state index in [0.29, 0.717) is 22.8 Å². The molecule has 0 bridgehead atoms. The Labute approximate surface area is 110 Å². The number of allylic oxidation sites excluding steroid dienone is 2. The molecule has 0 saturated carbocycles. The quantitative estimate of drug-likeness (QED) is 0.657. The molecule has 18 heavy (non-hydrogen) atoms. The highest BCUT2D eigenvalue weighted by Crippen LogP contribution is 2.24. The fraction of sp³-hybridized carbons (Fsp3) is 0.0769. The molecule has 92 valence electrons. The number of aldehydes is 1. The first-order valence-corrected chi connectivity index (χ1v) is 5.72. The maximum Gasteiger partial charge on any atom is 0.168 e. The van der Waals surface area contributed by atoms with Gasteiger partial charge in [0.25, 0.3) is 0 Å². The molecule has 1 aliphatic heterocycles. The van der Waals surface area contributed by atoms with Crippen molar-refractivity contribution in [3.05, 3.63) is 52.9 Å². The third-order valence-corrected chi connectivity index (χ3v) is 2.83. The molecular weight excluding hydrogens is 250 g/mol. The lowest BCUT2D eigenvalue weighted by atomic mass is 10.1. The zero-order chi connectivity index (χ0) is 13.1. The van der Waals surface area contributed by atoms with Crippen LogP contribution in [0.15, 0.2) is 47.4 Å². The van der Waals surface area contributed by atoms with E-state index in [0.717, 1.165) is 11.1 Å². The van der Waals surface area contributed by atoms with Gasteiger partial charge >= 0.3 is 0 Å². The summed E-state index contributed by atoms with van der Waals surface area (Å²) in [5.74, 6) is 6.33. The van der Waals surface area contributed by atoms with Gasteiger partial charge in [-0.15, -0.1) is 0 Å². The van der Waals surface area contributed by atoms with Crippen LogP contribution in [-0.2, 0) is 4.79 Å². The van der Waals surface area contributed by atoms with Crippen LogP contribution in [0.4, 0.5) is 0 Å². The van der Waals surface area contributed by atoms with Crippen molar-refractivity contribution in [2.24, 2.45) is 10.8 Å². The number of aliphatic imine (C=N–C) groups is 1. The maximum absolute atomic E-state index is 10.7. The van der Waals surface area contributed by atoms with Gasteiger partial charge in [-0.2, -0.15) is 0 Å². The first-order chi connectivity index (χ1) is 8.61. The van der Waals surface area contributed by atoms with Crippen LogP contribution in [-0.4, -0.2) is 17.0 Å². The number of nitrogens with two attached hydrogens (primary N) is 1. The molecule has 0 aliphatic carbocycles. The summed E-state index contributed by atoms with van der Waals surface area (Å²) in [5.41, 5.74) is 2.11. The van der Waals surface area contributed by atoms with E-state index in [1.54, 1.807) is 18.3 Å². The van der Waals surface area contributed by atoms with Crippen LogP contribution in [0.25, 0.3) is 5.57 Å². The van der Waals surface area contributed by atoms with Crippen LogP contribution in [0, 0.1) is 0 Å². The van der Waals surface area contributed by atoms with Gasteiger partial charge in [0.1, 0.15) is 5.71 Å². The molecule has 0 fully saturated rings. The molecule has 1 aliphatic rings. The van der Waals surface area contributed by atoms with Gasteiger partial charge < -0.3 is 0 Å². The van der Waals surface area contributed by atoms with Crippen LogP contribution in [0.2, 0.25) is 5.02 Å². The average Bonchev–Trinajstić information content (AvgIpc) is 2.38. The van der Waals surface area contributed by atoms with Crippen molar-refractivity contribution in [3.8, 4) is 0 Å². The smallest absolute Gasteiger partial charge is 0.168 e. The summed E-state index contributed by atoms with van der Waals surface area (Å²) < 4.78 is 0. The Morgan fingerprint density at radius 1 is 1.50 bits per heavy atom. The van der Waals surface area contributed by atoms with E-state index in [-0.39, 0.29) is 0 Å². The minimum absolute atomic E-state index is 0.341. The van der Waals surface area contributed by atoms with Crippen molar-refractivity contribution < 1.29 is 4.79 Å². The standard InChI is InChI=1S/C13H12ClN3O/c1-9(10-3-2-4-11(14)7-10)13-16-12(8-18)5-6-17(13)15/h2-8H,15H2,1H3/b13-9+. The van der Waals surface area contributed by atoms with Crippen molar-refractivity contribution in [2.75, 3.05) is 0 Å². The molecule has 0 amide bonds. The van der Waals surface area contributed by atoms with Crippen molar-refractivity contribution in [1.82, 2.24) is 5.01 Å². The van der Waals surface area contributed by atoms with Crippen LogP contribution in [0.1, 0.15) is 12.5 Å². The van der Waals surface area contributed by atoms with E-state index in [1.807, 2.05) is 25.1 Å². The first kappa shape index (κ1) is 12.5. The van der Waals surface area contributed by atoms with Gasteiger partial charge in [-0.1, -0.05) is 23.7 Å². The molecule has 2 N–H and O–H groups in total. The second-order valence-corrected chi connectivity index (χ2v) is 4.27. The fourth-order valence-electron chi connectivity index (χ4n) is 1.64. The zero-order valence-corrected chi connectivity index (χ0v) is 10.6. The van der Waals surface area contributed by atoms with Gasteiger partial charge in [0.2, 0.25) is 0 Å². The second-order valence-electron chi connectivity index (χ2n) is 3.84. The lowest BCUT2D eigenvalue weighted by Crippen LogP contribution is -2.27. The molecule has 4 nitrogen and oxygen atoms in total. The number of halogens is 1. The summed E-state index contributed by atoms with van der Waals surface area (Å²) in [6.07, 6.45) is 3.84. The number of hydrogen-bond donors (Lipinski definition) is 1. The number of hydrazine groups is 1. The van der Waals surface area contributed by atoms with E-state index >= 15 is 0 Å². The molecule has 0 atom stereocenters. The topological polar surface area (TPSA) is 58.7 Å². The molecule has 0 saturated heterocycles. The van der Waals surface area contributed by atoms with Crippen molar-refractivity contribution in [3.63, 3.8) is 0 Å². The Morgan fingerprint density at radius 3 is 2.94 bits per heavy atom. The lowest BCUT2D eigenvalue weighted by molar-refractivity contribution is -0.102. The number of nitrogens with zero attached hydrogens (tertiary/aromatic N) is 2. The predicted octanol–water partition coefficient (Wildman–Crippen LogP) is 2.37. The minimum Gasteiger partial charge on any atom is -0.296 e. The van der Waals surface area contributed by atoms with Gasteiger partial charge in [0.15, 0.2) is 12.1 Å². The summed E-state index contributed by atoms with van der Waals surface area (Å²) in [6.45, 7) is 1.88. The van der Waals surface area contributed by atoms with Gasteiger partial charge in [-0.3, -0.25) is 9.80 Å². The van der Waals surface area contributed by atoms with E-state index in [2.05, 4.69) is 4.99 Å². The fourth-order valence-corrected chi connectivity index (χ4v) is 1.83. The molecule has 2 rings (SSSR count). The van der Waals surface area contributed by atoms with E-state index in [4.69, 9.17) is 17.4 Å². The number of carbonyl (C=O) groups is 1. The Balaban J connectivity index is 2.50. The molecule has 0 unspecified atom stereocenters. The van der Waals surface area contributed by atoms with Crippen molar-refractivity contribution >= 4 is 29.2 Å². The minimum atomic E-state index is 0.341. The predicted molar refractivity (Wildman–Crippen MR) is 72.7 cm³/mol. The zero-order valence-electron chi connectivity index (χ0n) is 9.80. The Morgan fingerprint density at radius 2 is 2.28 bits per heavy atom. The van der Waals surface area contributed by atoms with E-state index < -0.39 is 0 Å². The van der Waals surface area contributed by atoms with Crippen LogP contribution in [0.5, 0.6) is 0 Å². The summed E-state index contributed by atoms with van der Waals surface area (Å²) >= 11 is 5.95. The highest BCUT2D eigenvalue weighted by molar-refractivity contribution is 6.34. The first-order valence-electron chi connectivity index (χ1n) is 5.34. The Hall–Kier alpha value is -1.91. The average molecular weight is 262 g/mol. The second kappa shape index (κ2) is 5.16. The highest BCUT2D eigenvalue weighted by atomic mass is 35.5. The van der Waals surface area contributed by atoms with Gasteiger partial charge in [0.05, 0.1) is 0 Å². The molecule has 0 radical (unpaired) electrons. The van der Waals surface area contributed by atoms with Crippen molar-refractivity contribution in [1.29, 1.82) is 0 Å². The van der Waals surface area contributed by atoms with Crippen LogP contribution < -0.4 is 5.84 Å². The third kappa shape index (κ3) is 2.50. The Bertz CT molecular complexity index is 575. The monoisotopic (exact) mass is 261 g/mol. The highest BCUT2D eigenvalue weighted by Gasteiger charge is 2.13. The van der Waals surface area contributed by atoms with Gasteiger partial charge in [-0.25, -0.2) is 10.8 Å². The van der Waals surface area contributed by atoms with E-state index in [1.165, 1.54) is 5.01 Å². The van der Waals surface area contributed by atoms with Crippen LogP contribution in [0.3, 0.4) is 0 Å². The molecule has 1 heterocycles. The number of carbonyl (C=O) groups excluding carboxylic acids is 1. The van der Waals surface area contributed by atoms with Gasteiger partial charge in [0, 0.05) is 16.8 Å². The normalized spacial score (nSPS) is 17.5. The number of benzene rings is 1. The van der Waals surface area contributed by atoms with Crippen molar-refractivity contribution in [2.45, 2.75) is 6.92 Å². The summed E-state index contributed by atoms with van der Waals surface area (Å²) in [4.78, 5) is 14.9. The summed E-state index contributed by atoms with van der Waals surface area (Å²) in [7, 11) is 0. The maximum atomic E-state index is 10.7. The van der Waals surface area contributed by atoms with Gasteiger partial charge in [-0.05, 0) is 30.7 Å². The lowest BCUT2D eigenvalue weighted by Gasteiger charge is -2.20. The van der Waals surface area contributed by atoms with E-state index in [9.17, 15) is 4.79 Å². The molecular formula is C13H12ClN3O. The summed E-state index contributed by atoms with van der Waals surface area (Å²) in [5, 5.41) is 2.02. The summed E-state index contributed by atoms with van der Waals surface area (Å²) in [6, 6.07) is 7.39. The molecule has 1 aromatic rings. The third-order valence-electron chi connectivity index (χ3n) is 2.60. The number of hydrogen-bond acceptors (Lipinski definition) is 4. The van der Waals surface area contributed by atoms with Crippen LogP contribution >= 0.6 is 11.6 Å². The Kier molecular flexibility index (Phi) is 3.60. The molecule has 0 aromatic heterocycles. The molecule has 0 spiro atoms. The number of rotatable bonds is 2. The molecule has 1 aromatic carbocycles.